The summed E-state index contributed by atoms with van der Waals surface area (Å²) in [6.45, 7) is 2.11. The number of hydrogen-bond donors (Lipinski definition) is 1. The average molecular weight is 181 g/mol. The van der Waals surface area contributed by atoms with Gasteiger partial charge in [-0.15, -0.1) is 0 Å². The van der Waals surface area contributed by atoms with Crippen LogP contribution >= 0.6 is 11.9 Å². The van der Waals surface area contributed by atoms with Crippen molar-refractivity contribution in [2.24, 2.45) is 15.1 Å². The highest BCUT2D eigenvalue weighted by atomic mass is 32.2. The van der Waals surface area contributed by atoms with Crippen LogP contribution < -0.4 is 5.14 Å². The average Bonchev–Trinajstić information content (AvgIpc) is 2.30. The second-order valence-electron chi connectivity index (χ2n) is 2.32. The highest BCUT2D eigenvalue weighted by Gasteiger charge is 2.05. The van der Waals surface area contributed by atoms with Crippen LogP contribution in [-0.4, -0.2) is 11.6 Å². The molecule has 2 N–H and O–H groups in total. The van der Waals surface area contributed by atoms with Gasteiger partial charge in [-0.2, -0.15) is 0 Å². The summed E-state index contributed by atoms with van der Waals surface area (Å²) in [5.41, 5.74) is 0.999. The Morgan fingerprint density at radius 1 is 1.67 bits per heavy atom. The van der Waals surface area contributed by atoms with Crippen molar-refractivity contribution in [2.45, 2.75) is 19.8 Å². The van der Waals surface area contributed by atoms with Crippen LogP contribution in [0.4, 0.5) is 0 Å². The minimum atomic E-state index is 0.929. The molecular formula is C8H11N3S. The van der Waals surface area contributed by atoms with Crippen molar-refractivity contribution in [3.05, 3.63) is 17.3 Å². The summed E-state index contributed by atoms with van der Waals surface area (Å²) in [7, 11) is 0. The Balaban J connectivity index is 2.82. The zero-order valence-corrected chi connectivity index (χ0v) is 7.77. The molecule has 0 saturated heterocycles. The third-order valence-electron chi connectivity index (χ3n) is 1.43. The van der Waals surface area contributed by atoms with E-state index >= 15 is 0 Å². The molecule has 0 saturated carbocycles. The molecule has 0 fully saturated rings. The Morgan fingerprint density at radius 3 is 3.17 bits per heavy atom. The Kier molecular flexibility index (Phi) is 3.80. The van der Waals surface area contributed by atoms with Crippen molar-refractivity contribution < 1.29 is 0 Å². The van der Waals surface area contributed by atoms with E-state index < -0.39 is 0 Å². The second kappa shape index (κ2) is 4.93. The van der Waals surface area contributed by atoms with E-state index in [1.54, 1.807) is 12.4 Å². The number of aliphatic imine (C=N–C) groups is 2. The molecule has 64 valence electrons. The lowest BCUT2D eigenvalue weighted by atomic mass is 10.2. The molecule has 1 aliphatic rings. The molecule has 3 nitrogen and oxygen atoms in total. The van der Waals surface area contributed by atoms with E-state index in [9.17, 15) is 0 Å². The van der Waals surface area contributed by atoms with Gasteiger partial charge in [0.2, 0.25) is 0 Å². The maximum absolute atomic E-state index is 5.46. The SMILES string of the molecule is CCCC1=NC=C=NC=C1SN. The lowest BCUT2D eigenvalue weighted by Crippen LogP contribution is -2.00. The van der Waals surface area contributed by atoms with Gasteiger partial charge in [-0.25, -0.2) is 4.99 Å². The molecule has 0 amide bonds. The fourth-order valence-corrected chi connectivity index (χ4v) is 1.30. The first-order chi connectivity index (χ1) is 5.88. The molecule has 1 heterocycles. The van der Waals surface area contributed by atoms with E-state index in [1.807, 2.05) is 0 Å². The monoisotopic (exact) mass is 181 g/mol. The molecule has 0 spiro atoms. The van der Waals surface area contributed by atoms with E-state index in [1.165, 1.54) is 11.9 Å². The molecule has 0 aromatic heterocycles. The molecule has 0 atom stereocenters. The van der Waals surface area contributed by atoms with Crippen molar-refractivity contribution >= 4 is 23.5 Å². The summed E-state index contributed by atoms with van der Waals surface area (Å²) in [6.07, 6.45) is 5.27. The Hall–Kier alpha value is -0.830. The van der Waals surface area contributed by atoms with E-state index in [0.29, 0.717) is 0 Å². The molecule has 0 bridgehead atoms. The first-order valence-corrected chi connectivity index (χ1v) is 4.67. The molecule has 4 heteroatoms. The van der Waals surface area contributed by atoms with Crippen LogP contribution in [0.15, 0.2) is 27.3 Å². The van der Waals surface area contributed by atoms with E-state index in [-0.39, 0.29) is 0 Å². The predicted octanol–water partition coefficient (Wildman–Crippen LogP) is 1.87. The standard InChI is InChI=1S/C8H11N3S/c1-2-3-7-8(12-9)6-10-4-5-11-7/h5-6H,2-3,9H2,1H3. The summed E-state index contributed by atoms with van der Waals surface area (Å²) in [5, 5.41) is 5.46. The van der Waals surface area contributed by atoms with Crippen LogP contribution in [0.5, 0.6) is 0 Å². The van der Waals surface area contributed by atoms with Gasteiger partial charge in [-0.3, -0.25) is 10.1 Å². The maximum Gasteiger partial charge on any atom is 0.0885 e. The third kappa shape index (κ3) is 2.34. The minimum Gasteiger partial charge on any atom is -0.273 e. The quantitative estimate of drug-likeness (QED) is 0.676. The van der Waals surface area contributed by atoms with Gasteiger partial charge in [0.25, 0.3) is 0 Å². The fourth-order valence-electron chi connectivity index (χ4n) is 0.897. The van der Waals surface area contributed by atoms with Crippen LogP contribution in [-0.2, 0) is 0 Å². The predicted molar refractivity (Wildman–Crippen MR) is 54.2 cm³/mol. The summed E-state index contributed by atoms with van der Waals surface area (Å²) in [6, 6.07) is 0. The number of nitrogens with two attached hydrogens (primary N) is 1. The summed E-state index contributed by atoms with van der Waals surface area (Å²) >= 11 is 1.18. The summed E-state index contributed by atoms with van der Waals surface area (Å²) < 4.78 is 0. The van der Waals surface area contributed by atoms with E-state index in [0.717, 1.165) is 23.5 Å². The van der Waals surface area contributed by atoms with Crippen LogP contribution in [0.2, 0.25) is 0 Å². The highest BCUT2D eigenvalue weighted by Crippen LogP contribution is 2.15. The summed E-state index contributed by atoms with van der Waals surface area (Å²) in [4.78, 5) is 8.98. The van der Waals surface area contributed by atoms with E-state index in [2.05, 4.69) is 22.8 Å². The minimum absolute atomic E-state index is 0.929. The number of rotatable bonds is 3. The molecule has 0 aromatic rings. The molecular weight excluding hydrogens is 170 g/mol. The first-order valence-electron chi connectivity index (χ1n) is 3.79. The molecule has 12 heavy (non-hydrogen) atoms. The number of nitrogens with zero attached hydrogens (tertiary/aromatic N) is 2. The van der Waals surface area contributed by atoms with Crippen molar-refractivity contribution in [1.82, 2.24) is 0 Å². The number of allylic oxidation sites excluding steroid dienone is 1. The van der Waals surface area contributed by atoms with Crippen LogP contribution in [0, 0.1) is 0 Å². The lowest BCUT2D eigenvalue weighted by Gasteiger charge is -2.02. The van der Waals surface area contributed by atoms with Gasteiger partial charge in [0, 0.05) is 5.87 Å². The van der Waals surface area contributed by atoms with Gasteiger partial charge in [0.15, 0.2) is 0 Å². The maximum atomic E-state index is 5.46. The van der Waals surface area contributed by atoms with Gasteiger partial charge < -0.3 is 0 Å². The molecule has 1 aliphatic heterocycles. The Bertz CT molecular complexity index is 272. The third-order valence-corrected chi connectivity index (χ3v) is 2.03. The van der Waals surface area contributed by atoms with E-state index in [4.69, 9.17) is 5.14 Å². The van der Waals surface area contributed by atoms with Crippen molar-refractivity contribution in [3.63, 3.8) is 0 Å². The van der Waals surface area contributed by atoms with Crippen LogP contribution in [0.25, 0.3) is 0 Å². The van der Waals surface area contributed by atoms with Crippen LogP contribution in [0.3, 0.4) is 0 Å². The smallest absolute Gasteiger partial charge is 0.0885 e. The lowest BCUT2D eigenvalue weighted by molar-refractivity contribution is 0.994. The highest BCUT2D eigenvalue weighted by molar-refractivity contribution is 8.01. The zero-order chi connectivity index (χ0) is 8.81. The van der Waals surface area contributed by atoms with Gasteiger partial charge in [-0.05, 0) is 18.4 Å². The van der Waals surface area contributed by atoms with Gasteiger partial charge in [-0.1, -0.05) is 13.3 Å². The fraction of sp³-hybridized carbons (Fsp3) is 0.375. The van der Waals surface area contributed by atoms with Crippen molar-refractivity contribution in [2.75, 3.05) is 0 Å². The number of hydrogen-bond acceptors (Lipinski definition) is 4. The van der Waals surface area contributed by atoms with Gasteiger partial charge in [0.1, 0.15) is 0 Å². The van der Waals surface area contributed by atoms with Crippen molar-refractivity contribution in [3.8, 4) is 0 Å². The van der Waals surface area contributed by atoms with Gasteiger partial charge in [0.05, 0.1) is 23.0 Å². The van der Waals surface area contributed by atoms with Crippen LogP contribution in [0.1, 0.15) is 19.8 Å². The largest absolute Gasteiger partial charge is 0.273 e. The molecule has 0 unspecified atom stereocenters. The Labute approximate surface area is 76.3 Å². The molecule has 0 aromatic carbocycles. The van der Waals surface area contributed by atoms with Gasteiger partial charge >= 0.3 is 0 Å². The molecule has 0 aliphatic carbocycles. The van der Waals surface area contributed by atoms with Crippen molar-refractivity contribution in [1.29, 1.82) is 0 Å². The zero-order valence-electron chi connectivity index (χ0n) is 6.95. The normalized spacial score (nSPS) is 15.5. The summed E-state index contributed by atoms with van der Waals surface area (Å²) in [5.74, 6) is 2.67. The second-order valence-corrected chi connectivity index (χ2v) is 3.00. The topological polar surface area (TPSA) is 50.7 Å². The molecule has 0 radical (unpaired) electrons. The first kappa shape index (κ1) is 9.26. The Morgan fingerprint density at radius 2 is 2.50 bits per heavy atom. The molecule has 1 rings (SSSR count).